The molecule has 1 rings (SSSR count). The topological polar surface area (TPSA) is 153 Å². The zero-order chi connectivity index (χ0) is 3.54. The summed E-state index contributed by atoms with van der Waals surface area (Å²) in [7, 11) is 0. The minimum Gasteiger partial charge on any atom is -0.473 e. The Morgan fingerprint density at radius 1 is 0.667 bits per heavy atom. The molecular weight excluding hydrogens is 120 g/mol. The highest BCUT2D eigenvalue weighted by Crippen LogP contribution is 1.79. The molecule has 0 amide bonds. The van der Waals surface area contributed by atoms with E-state index in [0.717, 1.165) is 0 Å². The standard InChI is InChI=1S/C4H4O.4H3N/c1-2-4-5-3-1;;;;/h1-4H;4*1H3. The second-order valence-corrected chi connectivity index (χ2v) is 0.793. The van der Waals surface area contributed by atoms with Crippen LogP contribution in [0.5, 0.6) is 0 Å². The van der Waals surface area contributed by atoms with E-state index in [4.69, 9.17) is 0 Å². The first-order chi connectivity index (χ1) is 2.50. The van der Waals surface area contributed by atoms with Gasteiger partial charge < -0.3 is 29.0 Å². The lowest BCUT2D eigenvalue weighted by molar-refractivity contribution is 0.567. The summed E-state index contributed by atoms with van der Waals surface area (Å²) in [5.41, 5.74) is 0. The number of rotatable bonds is 0. The van der Waals surface area contributed by atoms with E-state index >= 15 is 0 Å². The second-order valence-electron chi connectivity index (χ2n) is 0.793. The highest BCUT2D eigenvalue weighted by Gasteiger charge is 1.58. The van der Waals surface area contributed by atoms with Gasteiger partial charge in [-0.25, -0.2) is 0 Å². The summed E-state index contributed by atoms with van der Waals surface area (Å²) in [4.78, 5) is 0. The minimum absolute atomic E-state index is 0. The van der Waals surface area contributed by atoms with Crippen molar-refractivity contribution in [3.63, 3.8) is 0 Å². The molecule has 5 nitrogen and oxygen atoms in total. The van der Waals surface area contributed by atoms with Gasteiger partial charge in [0.2, 0.25) is 0 Å². The van der Waals surface area contributed by atoms with Crippen LogP contribution in [-0.2, 0) is 0 Å². The highest BCUT2D eigenvalue weighted by atomic mass is 16.3. The fourth-order valence-electron chi connectivity index (χ4n) is 0.227. The molecule has 0 spiro atoms. The van der Waals surface area contributed by atoms with Crippen LogP contribution in [0.1, 0.15) is 0 Å². The molecule has 0 radical (unpaired) electrons. The van der Waals surface area contributed by atoms with Crippen molar-refractivity contribution in [1.29, 1.82) is 0 Å². The molecule has 0 aromatic carbocycles. The van der Waals surface area contributed by atoms with Crippen LogP contribution in [0.25, 0.3) is 0 Å². The van der Waals surface area contributed by atoms with E-state index in [1.807, 2.05) is 12.1 Å². The molecule has 0 fully saturated rings. The van der Waals surface area contributed by atoms with Crippen molar-refractivity contribution in [3.8, 4) is 0 Å². The average molecular weight is 136 g/mol. The molecule has 9 heavy (non-hydrogen) atoms. The fraction of sp³-hybridized carbons (Fsp3) is 0. The highest BCUT2D eigenvalue weighted by molar-refractivity contribution is 4.79. The number of hydrogen-bond donors (Lipinski definition) is 4. The van der Waals surface area contributed by atoms with E-state index in [1.54, 1.807) is 12.5 Å². The summed E-state index contributed by atoms with van der Waals surface area (Å²) >= 11 is 0. The van der Waals surface area contributed by atoms with Gasteiger partial charge in [-0.1, -0.05) is 0 Å². The first-order valence-corrected chi connectivity index (χ1v) is 1.47. The van der Waals surface area contributed by atoms with Gasteiger partial charge >= 0.3 is 0 Å². The Kier molecular flexibility index (Phi) is 42.3. The van der Waals surface area contributed by atoms with Crippen molar-refractivity contribution in [1.82, 2.24) is 24.6 Å². The third-order valence-corrected chi connectivity index (χ3v) is 0.425. The Morgan fingerprint density at radius 2 is 1.00 bits per heavy atom. The molecule has 0 bridgehead atoms. The van der Waals surface area contributed by atoms with Crippen LogP contribution in [0.15, 0.2) is 29.1 Å². The summed E-state index contributed by atoms with van der Waals surface area (Å²) < 4.78 is 4.58. The lowest BCUT2D eigenvalue weighted by atomic mass is 10.7. The van der Waals surface area contributed by atoms with E-state index in [-0.39, 0.29) is 24.6 Å². The van der Waals surface area contributed by atoms with Crippen molar-refractivity contribution in [2.45, 2.75) is 0 Å². The molecule has 0 unspecified atom stereocenters. The predicted molar refractivity (Wildman–Crippen MR) is 38.8 cm³/mol. The monoisotopic (exact) mass is 136 g/mol. The van der Waals surface area contributed by atoms with Crippen molar-refractivity contribution in [2.24, 2.45) is 0 Å². The summed E-state index contributed by atoms with van der Waals surface area (Å²) in [6.45, 7) is 0. The van der Waals surface area contributed by atoms with Crippen molar-refractivity contribution < 1.29 is 4.42 Å². The SMILES string of the molecule is N.N.N.N.c1ccoc1. The Morgan fingerprint density at radius 3 is 1.11 bits per heavy atom. The first-order valence-electron chi connectivity index (χ1n) is 1.47. The largest absolute Gasteiger partial charge is 0.473 e. The molecule has 0 aliphatic rings. The van der Waals surface area contributed by atoms with Gasteiger partial charge in [-0.2, -0.15) is 0 Å². The van der Waals surface area contributed by atoms with Gasteiger partial charge in [-0.15, -0.1) is 0 Å². The van der Waals surface area contributed by atoms with E-state index < -0.39 is 0 Å². The zero-order valence-corrected chi connectivity index (χ0v) is 5.55. The summed E-state index contributed by atoms with van der Waals surface area (Å²) in [5.74, 6) is 0. The maximum atomic E-state index is 4.58. The molecule has 1 aromatic rings. The molecule has 0 saturated heterocycles. The molecule has 0 aliphatic heterocycles. The molecule has 58 valence electrons. The zero-order valence-electron chi connectivity index (χ0n) is 5.55. The molecule has 0 aliphatic carbocycles. The Hall–Kier alpha value is -0.880. The Balaban J connectivity index is -0.0000000312. The van der Waals surface area contributed by atoms with Crippen molar-refractivity contribution in [2.75, 3.05) is 0 Å². The van der Waals surface area contributed by atoms with Gasteiger partial charge in [0, 0.05) is 0 Å². The van der Waals surface area contributed by atoms with Crippen LogP contribution in [0.3, 0.4) is 0 Å². The minimum atomic E-state index is 0. The molecule has 0 saturated carbocycles. The van der Waals surface area contributed by atoms with Gasteiger partial charge in [0.05, 0.1) is 12.5 Å². The normalized spacial score (nSPS) is 4.44. The molecule has 1 aromatic heterocycles. The third kappa shape index (κ3) is 11.0. The molecule has 5 heteroatoms. The lowest BCUT2D eigenvalue weighted by Gasteiger charge is -1.50. The van der Waals surface area contributed by atoms with Gasteiger partial charge in [-0.3, -0.25) is 0 Å². The Labute approximate surface area is 54.8 Å². The fourth-order valence-corrected chi connectivity index (χ4v) is 0.227. The predicted octanol–water partition coefficient (Wildman–Crippen LogP) is 1.93. The number of hydrogen-bond acceptors (Lipinski definition) is 5. The summed E-state index contributed by atoms with van der Waals surface area (Å²) in [6.07, 6.45) is 3.25. The molecule has 1 heterocycles. The van der Waals surface area contributed by atoms with Crippen molar-refractivity contribution in [3.05, 3.63) is 24.7 Å². The first kappa shape index (κ1) is 24.3. The molecule has 0 atom stereocenters. The van der Waals surface area contributed by atoms with Gasteiger partial charge in [-0.05, 0) is 12.1 Å². The Bertz CT molecular complexity index is 69.0. The van der Waals surface area contributed by atoms with E-state index in [1.165, 1.54) is 0 Å². The summed E-state index contributed by atoms with van der Waals surface area (Å²) in [5, 5.41) is 0. The molecule has 12 N–H and O–H groups in total. The van der Waals surface area contributed by atoms with Crippen LogP contribution < -0.4 is 24.6 Å². The maximum absolute atomic E-state index is 4.58. The summed E-state index contributed by atoms with van der Waals surface area (Å²) in [6, 6.07) is 3.67. The van der Waals surface area contributed by atoms with Crippen LogP contribution >= 0.6 is 0 Å². The smallest absolute Gasteiger partial charge is 0.0902 e. The molecular formula is C4H16N4O. The van der Waals surface area contributed by atoms with Gasteiger partial charge in [0.25, 0.3) is 0 Å². The van der Waals surface area contributed by atoms with E-state index in [0.29, 0.717) is 0 Å². The lowest BCUT2D eigenvalue weighted by Crippen LogP contribution is -1.16. The number of furan rings is 1. The van der Waals surface area contributed by atoms with Crippen LogP contribution in [0.2, 0.25) is 0 Å². The second kappa shape index (κ2) is 15.7. The third-order valence-electron chi connectivity index (χ3n) is 0.425. The average Bonchev–Trinajstić information content (AvgIpc) is 1.76. The quantitative estimate of drug-likeness (QED) is 0.429. The van der Waals surface area contributed by atoms with Gasteiger partial charge in [0.15, 0.2) is 0 Å². The van der Waals surface area contributed by atoms with Crippen LogP contribution in [-0.4, -0.2) is 0 Å². The van der Waals surface area contributed by atoms with Gasteiger partial charge in [0.1, 0.15) is 0 Å². The maximum Gasteiger partial charge on any atom is 0.0902 e. The van der Waals surface area contributed by atoms with Crippen molar-refractivity contribution >= 4 is 0 Å². The van der Waals surface area contributed by atoms with E-state index in [9.17, 15) is 0 Å². The van der Waals surface area contributed by atoms with E-state index in [2.05, 4.69) is 4.42 Å². The van der Waals surface area contributed by atoms with Crippen LogP contribution in [0.4, 0.5) is 0 Å². The van der Waals surface area contributed by atoms with Crippen LogP contribution in [0, 0.1) is 0 Å².